The average Bonchev–Trinajstić information content (AvgIpc) is 3.06. The van der Waals surface area contributed by atoms with Gasteiger partial charge in [-0.3, -0.25) is 0 Å². The van der Waals surface area contributed by atoms with Crippen LogP contribution in [0.1, 0.15) is 25.0 Å². The van der Waals surface area contributed by atoms with E-state index in [1.807, 2.05) is 4.90 Å². The number of pyridine rings is 1. The van der Waals surface area contributed by atoms with Gasteiger partial charge in [-0.05, 0) is 31.4 Å². The Kier molecular flexibility index (Phi) is 5.06. The Morgan fingerprint density at radius 1 is 1.22 bits per heavy atom. The van der Waals surface area contributed by atoms with Gasteiger partial charge < -0.3 is 14.4 Å². The summed E-state index contributed by atoms with van der Waals surface area (Å²) >= 11 is 0. The lowest BCUT2D eigenvalue weighted by Crippen LogP contribution is -2.38. The van der Waals surface area contributed by atoms with Crippen molar-refractivity contribution in [1.82, 2.24) is 4.98 Å². The minimum absolute atomic E-state index is 0.178. The van der Waals surface area contributed by atoms with Crippen molar-refractivity contribution in [3.8, 4) is 0 Å². The number of alkyl halides is 3. The monoisotopic (exact) mass is 330 g/mol. The predicted octanol–water partition coefficient (Wildman–Crippen LogP) is 3.12. The highest BCUT2D eigenvalue weighted by atomic mass is 19.4. The van der Waals surface area contributed by atoms with Crippen LogP contribution >= 0.6 is 0 Å². The summed E-state index contributed by atoms with van der Waals surface area (Å²) in [6, 6.07) is 4.04. The molecular formula is C16H21F3N2O2. The van der Waals surface area contributed by atoms with Crippen LogP contribution in [-0.4, -0.2) is 44.0 Å². The summed E-state index contributed by atoms with van der Waals surface area (Å²) in [5, 5.41) is 0. The van der Waals surface area contributed by atoms with Gasteiger partial charge in [0, 0.05) is 25.6 Å². The predicted molar refractivity (Wildman–Crippen MR) is 79.4 cm³/mol. The highest BCUT2D eigenvalue weighted by molar-refractivity contribution is 5.40. The van der Waals surface area contributed by atoms with E-state index >= 15 is 0 Å². The lowest BCUT2D eigenvalue weighted by atomic mass is 10.1. The van der Waals surface area contributed by atoms with Crippen molar-refractivity contribution in [3.05, 3.63) is 23.9 Å². The van der Waals surface area contributed by atoms with E-state index in [0.29, 0.717) is 31.4 Å². The second-order valence-electron chi connectivity index (χ2n) is 6.13. The van der Waals surface area contributed by atoms with Crippen LogP contribution in [0.4, 0.5) is 19.0 Å². The Morgan fingerprint density at radius 2 is 2.00 bits per heavy atom. The molecule has 1 aromatic heterocycles. The highest BCUT2D eigenvalue weighted by Crippen LogP contribution is 2.29. The van der Waals surface area contributed by atoms with E-state index in [-0.39, 0.29) is 6.10 Å². The Hall–Kier alpha value is -1.34. The van der Waals surface area contributed by atoms with Crippen molar-refractivity contribution in [2.45, 2.75) is 31.5 Å². The van der Waals surface area contributed by atoms with Crippen LogP contribution < -0.4 is 4.90 Å². The van der Waals surface area contributed by atoms with Gasteiger partial charge in [0.05, 0.1) is 19.3 Å². The van der Waals surface area contributed by atoms with Gasteiger partial charge in [-0.2, -0.15) is 13.2 Å². The van der Waals surface area contributed by atoms with Crippen LogP contribution in [0.15, 0.2) is 18.2 Å². The van der Waals surface area contributed by atoms with Gasteiger partial charge in [0.25, 0.3) is 0 Å². The molecule has 2 aliphatic rings. The Morgan fingerprint density at radius 3 is 2.65 bits per heavy atom. The molecule has 2 fully saturated rings. The maximum atomic E-state index is 12.7. The molecule has 1 atom stereocenters. The van der Waals surface area contributed by atoms with Crippen molar-refractivity contribution in [2.24, 2.45) is 5.92 Å². The van der Waals surface area contributed by atoms with Crippen molar-refractivity contribution in [1.29, 1.82) is 0 Å². The Labute approximate surface area is 133 Å². The Balaban J connectivity index is 1.50. The number of aromatic nitrogens is 1. The minimum atomic E-state index is -4.40. The fourth-order valence-electron chi connectivity index (χ4n) is 3.00. The molecule has 0 radical (unpaired) electrons. The molecule has 3 heterocycles. The van der Waals surface area contributed by atoms with Crippen LogP contribution in [0.2, 0.25) is 0 Å². The lowest BCUT2D eigenvalue weighted by Gasteiger charge is -2.33. The first kappa shape index (κ1) is 16.5. The largest absolute Gasteiger partial charge is 0.433 e. The van der Waals surface area contributed by atoms with E-state index in [4.69, 9.17) is 9.47 Å². The van der Waals surface area contributed by atoms with Crippen LogP contribution in [0.3, 0.4) is 0 Å². The van der Waals surface area contributed by atoms with Crippen LogP contribution in [0.5, 0.6) is 0 Å². The molecular weight excluding hydrogens is 309 g/mol. The first-order valence-corrected chi connectivity index (χ1v) is 8.01. The molecule has 0 saturated carbocycles. The van der Waals surface area contributed by atoms with Gasteiger partial charge in [0.2, 0.25) is 0 Å². The van der Waals surface area contributed by atoms with Crippen LogP contribution in [0.25, 0.3) is 0 Å². The molecule has 0 aliphatic carbocycles. The number of nitrogens with zero attached hydrogens (tertiary/aromatic N) is 2. The molecule has 7 heteroatoms. The smallest absolute Gasteiger partial charge is 0.381 e. The second kappa shape index (κ2) is 7.05. The third-order valence-corrected chi connectivity index (χ3v) is 4.38. The van der Waals surface area contributed by atoms with Gasteiger partial charge in [0.1, 0.15) is 11.5 Å². The highest BCUT2D eigenvalue weighted by Gasteiger charge is 2.33. The van der Waals surface area contributed by atoms with Crippen molar-refractivity contribution >= 4 is 5.82 Å². The number of halogens is 3. The van der Waals surface area contributed by atoms with E-state index in [2.05, 4.69) is 4.98 Å². The number of rotatable bonds is 4. The summed E-state index contributed by atoms with van der Waals surface area (Å²) in [7, 11) is 0. The zero-order chi connectivity index (χ0) is 16.3. The normalized spacial score (nSPS) is 23.4. The summed E-state index contributed by atoms with van der Waals surface area (Å²) in [5.74, 6) is 0.876. The fraction of sp³-hybridized carbons (Fsp3) is 0.688. The van der Waals surface area contributed by atoms with Crippen LogP contribution in [0, 0.1) is 5.92 Å². The molecule has 2 aliphatic heterocycles. The van der Waals surface area contributed by atoms with Crippen molar-refractivity contribution in [2.75, 3.05) is 37.8 Å². The molecule has 1 unspecified atom stereocenters. The van der Waals surface area contributed by atoms with Crippen molar-refractivity contribution in [3.63, 3.8) is 0 Å². The van der Waals surface area contributed by atoms with Crippen molar-refractivity contribution < 1.29 is 22.6 Å². The number of hydrogen-bond acceptors (Lipinski definition) is 4. The summed E-state index contributed by atoms with van der Waals surface area (Å²) < 4.78 is 49.4. The maximum absolute atomic E-state index is 12.7. The quantitative estimate of drug-likeness (QED) is 0.850. The lowest BCUT2D eigenvalue weighted by molar-refractivity contribution is -0.141. The van der Waals surface area contributed by atoms with Gasteiger partial charge in [-0.15, -0.1) is 0 Å². The van der Waals surface area contributed by atoms with E-state index < -0.39 is 11.9 Å². The number of hydrogen-bond donors (Lipinski definition) is 0. The van der Waals surface area contributed by atoms with E-state index in [1.165, 1.54) is 6.07 Å². The first-order chi connectivity index (χ1) is 11.0. The van der Waals surface area contributed by atoms with Gasteiger partial charge in [-0.1, -0.05) is 6.07 Å². The molecule has 0 N–H and O–H groups in total. The number of ether oxygens (including phenoxy) is 2. The van der Waals surface area contributed by atoms with E-state index in [1.54, 1.807) is 6.07 Å². The second-order valence-corrected chi connectivity index (χ2v) is 6.13. The molecule has 0 spiro atoms. The molecule has 0 bridgehead atoms. The molecule has 2 saturated heterocycles. The standard InChI is InChI=1S/C16H21F3N2O2/c17-16(18,19)14-2-1-3-15(20-14)21-7-4-13(5-8-21)23-11-12-6-9-22-10-12/h1-3,12-13H,4-11H2. The number of anilines is 1. The molecule has 0 amide bonds. The summed E-state index contributed by atoms with van der Waals surface area (Å²) in [5.41, 5.74) is -0.838. The molecule has 128 valence electrons. The maximum Gasteiger partial charge on any atom is 0.433 e. The Bertz CT molecular complexity index is 510. The van der Waals surface area contributed by atoms with Gasteiger partial charge >= 0.3 is 6.18 Å². The minimum Gasteiger partial charge on any atom is -0.381 e. The molecule has 4 nitrogen and oxygen atoms in total. The topological polar surface area (TPSA) is 34.6 Å². The average molecular weight is 330 g/mol. The molecule has 3 rings (SSSR count). The molecule has 1 aromatic rings. The fourth-order valence-corrected chi connectivity index (χ4v) is 3.00. The van der Waals surface area contributed by atoms with Crippen LogP contribution in [-0.2, 0) is 15.7 Å². The third-order valence-electron chi connectivity index (χ3n) is 4.38. The SMILES string of the molecule is FC(F)(F)c1cccc(N2CCC(OCC3CCOC3)CC2)n1. The summed E-state index contributed by atoms with van der Waals surface area (Å²) in [4.78, 5) is 5.64. The summed E-state index contributed by atoms with van der Waals surface area (Å²) in [6.07, 6.45) is -1.55. The summed E-state index contributed by atoms with van der Waals surface area (Å²) in [6.45, 7) is 3.63. The number of piperidine rings is 1. The van der Waals surface area contributed by atoms with E-state index in [0.717, 1.165) is 38.5 Å². The van der Waals surface area contributed by atoms with E-state index in [9.17, 15) is 13.2 Å². The van der Waals surface area contributed by atoms with Gasteiger partial charge in [-0.25, -0.2) is 4.98 Å². The first-order valence-electron chi connectivity index (χ1n) is 8.01. The third kappa shape index (κ3) is 4.35. The molecule has 0 aromatic carbocycles. The molecule has 23 heavy (non-hydrogen) atoms. The zero-order valence-electron chi connectivity index (χ0n) is 12.9. The van der Waals surface area contributed by atoms with Gasteiger partial charge in [0.15, 0.2) is 0 Å². The zero-order valence-corrected chi connectivity index (χ0v) is 12.9.